The van der Waals surface area contributed by atoms with Gasteiger partial charge in [0, 0.05) is 25.1 Å². The Labute approximate surface area is 104 Å². The maximum Gasteiger partial charge on any atom is 0.231 e. The first-order valence-corrected chi connectivity index (χ1v) is 6.09. The van der Waals surface area contributed by atoms with E-state index in [0.29, 0.717) is 6.79 Å². The van der Waals surface area contributed by atoms with Crippen LogP contribution < -0.4 is 14.8 Å². The molecule has 0 radical (unpaired) electrons. The Morgan fingerprint density at radius 3 is 3.06 bits per heavy atom. The van der Waals surface area contributed by atoms with Gasteiger partial charge in [0.2, 0.25) is 6.79 Å². The molecule has 5 heteroatoms. The van der Waals surface area contributed by atoms with Crippen LogP contribution in [0.4, 0.5) is 0 Å². The average Bonchev–Trinajstić information content (AvgIpc) is 3.04. The third-order valence-electron chi connectivity index (χ3n) is 3.35. The summed E-state index contributed by atoms with van der Waals surface area (Å²) in [6.45, 7) is 2.17. The zero-order valence-electron chi connectivity index (χ0n) is 9.82. The summed E-state index contributed by atoms with van der Waals surface area (Å²) in [5, 5.41) is 3.33. The highest BCUT2D eigenvalue weighted by molar-refractivity contribution is 5.62. The maximum absolute atomic E-state index is 5.39. The van der Waals surface area contributed by atoms with Crippen molar-refractivity contribution >= 4 is 0 Å². The monoisotopic (exact) mass is 243 g/mol. The lowest BCUT2D eigenvalue weighted by Crippen LogP contribution is -2.23. The van der Waals surface area contributed by atoms with Gasteiger partial charge in [-0.1, -0.05) is 0 Å². The second-order valence-corrected chi connectivity index (χ2v) is 4.51. The van der Waals surface area contributed by atoms with Gasteiger partial charge in [0.25, 0.3) is 0 Å². The lowest BCUT2D eigenvalue weighted by atomic mass is 10.2. The Kier molecular flexibility index (Phi) is 2.07. The quantitative estimate of drug-likeness (QED) is 0.796. The summed E-state index contributed by atoms with van der Waals surface area (Å²) in [7, 11) is 0. The van der Waals surface area contributed by atoms with Crippen molar-refractivity contribution in [2.45, 2.75) is 13.0 Å². The Morgan fingerprint density at radius 2 is 2.11 bits per heavy atom. The Hall–Kier alpha value is -2.01. The van der Waals surface area contributed by atoms with Crippen LogP contribution in [-0.2, 0) is 13.0 Å². The van der Waals surface area contributed by atoms with Crippen LogP contribution in [0.25, 0.3) is 11.4 Å². The molecule has 0 fully saturated rings. The molecule has 92 valence electrons. The largest absolute Gasteiger partial charge is 0.454 e. The van der Waals surface area contributed by atoms with E-state index in [0.717, 1.165) is 42.4 Å². The summed E-state index contributed by atoms with van der Waals surface area (Å²) in [6.07, 6.45) is 0.983. The number of aromatic nitrogens is 2. The normalized spacial score (nSPS) is 16.7. The number of rotatable bonds is 1. The predicted octanol–water partition coefficient (Wildman–Crippen LogP) is 1.45. The first-order valence-electron chi connectivity index (χ1n) is 6.09. The topological polar surface area (TPSA) is 59.2 Å². The van der Waals surface area contributed by atoms with Gasteiger partial charge in [-0.2, -0.15) is 0 Å². The van der Waals surface area contributed by atoms with E-state index in [4.69, 9.17) is 9.47 Å². The smallest absolute Gasteiger partial charge is 0.231 e. The minimum atomic E-state index is 0.303. The fraction of sp³-hybridized carbons (Fsp3) is 0.308. The van der Waals surface area contributed by atoms with Crippen LogP contribution in [0.15, 0.2) is 18.2 Å². The van der Waals surface area contributed by atoms with Gasteiger partial charge < -0.3 is 19.8 Å². The van der Waals surface area contributed by atoms with Gasteiger partial charge in [-0.3, -0.25) is 0 Å². The second-order valence-electron chi connectivity index (χ2n) is 4.51. The van der Waals surface area contributed by atoms with Gasteiger partial charge in [-0.05, 0) is 18.2 Å². The third-order valence-corrected chi connectivity index (χ3v) is 3.35. The van der Waals surface area contributed by atoms with E-state index in [1.165, 1.54) is 11.4 Å². The maximum atomic E-state index is 5.39. The molecule has 5 nitrogen and oxygen atoms in total. The van der Waals surface area contributed by atoms with Crippen molar-refractivity contribution < 1.29 is 9.47 Å². The zero-order valence-corrected chi connectivity index (χ0v) is 9.82. The van der Waals surface area contributed by atoms with Gasteiger partial charge in [-0.25, -0.2) is 4.98 Å². The first kappa shape index (κ1) is 9.96. The molecule has 2 aromatic rings. The van der Waals surface area contributed by atoms with E-state index in [9.17, 15) is 0 Å². The van der Waals surface area contributed by atoms with Crippen molar-refractivity contribution in [3.63, 3.8) is 0 Å². The van der Waals surface area contributed by atoms with Gasteiger partial charge in [0.1, 0.15) is 5.82 Å². The van der Waals surface area contributed by atoms with E-state index >= 15 is 0 Å². The van der Waals surface area contributed by atoms with Crippen LogP contribution in [-0.4, -0.2) is 23.3 Å². The van der Waals surface area contributed by atoms with E-state index in [-0.39, 0.29) is 0 Å². The van der Waals surface area contributed by atoms with Gasteiger partial charge >= 0.3 is 0 Å². The first-order chi connectivity index (χ1) is 8.90. The van der Waals surface area contributed by atoms with Crippen LogP contribution in [0.2, 0.25) is 0 Å². The Bertz CT molecular complexity index is 583. The van der Waals surface area contributed by atoms with Crippen LogP contribution in [0.3, 0.4) is 0 Å². The second kappa shape index (κ2) is 3.74. The summed E-state index contributed by atoms with van der Waals surface area (Å²) in [5.41, 5.74) is 3.39. The van der Waals surface area contributed by atoms with Crippen LogP contribution in [0.5, 0.6) is 11.5 Å². The molecular formula is C13H13N3O2. The summed E-state index contributed by atoms with van der Waals surface area (Å²) in [5.74, 6) is 2.50. The summed E-state index contributed by atoms with van der Waals surface area (Å²) < 4.78 is 10.7. The molecule has 0 saturated heterocycles. The van der Waals surface area contributed by atoms with Crippen molar-refractivity contribution in [2.75, 3.05) is 13.3 Å². The predicted molar refractivity (Wildman–Crippen MR) is 65.6 cm³/mol. The number of imidazole rings is 1. The molecular weight excluding hydrogens is 230 g/mol. The molecule has 18 heavy (non-hydrogen) atoms. The van der Waals surface area contributed by atoms with E-state index in [1.807, 2.05) is 18.2 Å². The Balaban J connectivity index is 1.76. The molecule has 1 aromatic heterocycles. The molecule has 0 unspecified atom stereocenters. The molecule has 2 N–H and O–H groups in total. The molecule has 0 saturated carbocycles. The fourth-order valence-corrected chi connectivity index (χ4v) is 2.40. The summed E-state index contributed by atoms with van der Waals surface area (Å²) in [4.78, 5) is 8.03. The van der Waals surface area contributed by atoms with E-state index in [2.05, 4.69) is 15.3 Å². The minimum Gasteiger partial charge on any atom is -0.454 e. The third kappa shape index (κ3) is 1.48. The molecule has 0 bridgehead atoms. The van der Waals surface area contributed by atoms with Gasteiger partial charge in [0.05, 0.1) is 11.4 Å². The van der Waals surface area contributed by atoms with Gasteiger partial charge in [0.15, 0.2) is 11.5 Å². The van der Waals surface area contributed by atoms with E-state index < -0.39 is 0 Å². The zero-order chi connectivity index (χ0) is 11.9. The van der Waals surface area contributed by atoms with Gasteiger partial charge in [-0.15, -0.1) is 0 Å². The lowest BCUT2D eigenvalue weighted by Gasteiger charge is -2.09. The molecule has 4 rings (SSSR count). The fourth-order valence-electron chi connectivity index (χ4n) is 2.40. The number of nitrogens with one attached hydrogen (secondary N) is 2. The Morgan fingerprint density at radius 1 is 1.17 bits per heavy atom. The number of fused-ring (bicyclic) bond motifs is 2. The number of ether oxygens (including phenoxy) is 2. The molecule has 0 aliphatic carbocycles. The SMILES string of the molecule is c1cc2c(cc1-c1nc3c([nH]1)CNCC3)OCO2. The molecule has 2 aliphatic rings. The lowest BCUT2D eigenvalue weighted by molar-refractivity contribution is 0.174. The number of H-pyrrole nitrogens is 1. The molecule has 0 amide bonds. The average molecular weight is 243 g/mol. The van der Waals surface area contributed by atoms with Crippen LogP contribution in [0, 0.1) is 0 Å². The number of nitrogens with zero attached hydrogens (tertiary/aromatic N) is 1. The van der Waals surface area contributed by atoms with Crippen LogP contribution in [0.1, 0.15) is 11.4 Å². The van der Waals surface area contributed by atoms with Crippen LogP contribution >= 0.6 is 0 Å². The summed E-state index contributed by atoms with van der Waals surface area (Å²) in [6, 6.07) is 5.91. The highest BCUT2D eigenvalue weighted by Gasteiger charge is 2.18. The van der Waals surface area contributed by atoms with E-state index in [1.54, 1.807) is 0 Å². The summed E-state index contributed by atoms with van der Waals surface area (Å²) >= 11 is 0. The number of aromatic amines is 1. The molecule has 3 heterocycles. The molecule has 1 aromatic carbocycles. The molecule has 0 atom stereocenters. The molecule has 0 spiro atoms. The highest BCUT2D eigenvalue weighted by Crippen LogP contribution is 2.35. The van der Waals surface area contributed by atoms with Crippen molar-refractivity contribution in [1.29, 1.82) is 0 Å². The standard InChI is InChI=1S/C13H13N3O2/c1-2-11-12(18-7-17-11)5-8(1)13-15-9-3-4-14-6-10(9)16-13/h1-2,5,14H,3-4,6-7H2,(H,15,16). The number of hydrogen-bond acceptors (Lipinski definition) is 4. The van der Waals surface area contributed by atoms with Crippen molar-refractivity contribution in [2.24, 2.45) is 0 Å². The van der Waals surface area contributed by atoms with Crippen molar-refractivity contribution in [1.82, 2.24) is 15.3 Å². The number of hydrogen-bond donors (Lipinski definition) is 2. The minimum absolute atomic E-state index is 0.303. The van der Waals surface area contributed by atoms with Crippen molar-refractivity contribution in [3.05, 3.63) is 29.6 Å². The number of benzene rings is 1. The molecule has 2 aliphatic heterocycles. The highest BCUT2D eigenvalue weighted by atomic mass is 16.7. The van der Waals surface area contributed by atoms with Crippen molar-refractivity contribution in [3.8, 4) is 22.9 Å².